The molecule has 1 heterocycles. The zero-order chi connectivity index (χ0) is 14.9. The lowest BCUT2D eigenvalue weighted by molar-refractivity contribution is 0.0722. The number of ether oxygens (including phenoxy) is 1. The minimum absolute atomic E-state index is 0.0217. The molecule has 0 saturated heterocycles. The number of halogens is 5. The fourth-order valence-electron chi connectivity index (χ4n) is 1.29. The third kappa shape index (κ3) is 3.23. The molecule has 2 aromatic rings. The normalized spacial score (nSPS) is 10.4. The van der Waals surface area contributed by atoms with Gasteiger partial charge in [0.05, 0.1) is 15.1 Å². The van der Waals surface area contributed by atoms with Gasteiger partial charge in [-0.15, -0.1) is 0 Å². The van der Waals surface area contributed by atoms with Crippen LogP contribution in [0, 0.1) is 5.82 Å². The highest BCUT2D eigenvalue weighted by atomic mass is 79.9. The van der Waals surface area contributed by atoms with Crippen LogP contribution in [-0.2, 0) is 0 Å². The summed E-state index contributed by atoms with van der Waals surface area (Å²) in [6, 6.07) is 3.98. The summed E-state index contributed by atoms with van der Waals surface area (Å²) in [5, 5.41) is -0.0729. The van der Waals surface area contributed by atoms with Crippen molar-refractivity contribution in [1.82, 2.24) is 4.98 Å². The van der Waals surface area contributed by atoms with Crippen molar-refractivity contribution >= 4 is 56.7 Å². The second-order valence-corrected chi connectivity index (χ2v) is 5.63. The van der Waals surface area contributed by atoms with E-state index in [9.17, 15) is 9.18 Å². The molecule has 1 aromatic heterocycles. The van der Waals surface area contributed by atoms with E-state index in [0.29, 0.717) is 4.47 Å². The van der Waals surface area contributed by atoms with Crippen LogP contribution in [-0.4, -0.2) is 11.0 Å². The number of carbonyl (C=O) groups excluding carboxylic acids is 1. The number of carbonyl (C=O) groups is 1. The van der Waals surface area contributed by atoms with Crippen LogP contribution in [0.5, 0.6) is 5.75 Å². The van der Waals surface area contributed by atoms with Crippen molar-refractivity contribution in [3.05, 3.63) is 55.4 Å². The molecule has 0 radical (unpaired) electrons. The Morgan fingerprint density at radius 3 is 2.60 bits per heavy atom. The summed E-state index contributed by atoms with van der Waals surface area (Å²) in [6.07, 6.45) is 1.16. The predicted octanol–water partition coefficient (Wildman–Crippen LogP) is 5.16. The van der Waals surface area contributed by atoms with Crippen molar-refractivity contribution in [2.24, 2.45) is 0 Å². The van der Waals surface area contributed by atoms with Crippen LogP contribution in [0.4, 0.5) is 4.39 Å². The Labute approximate surface area is 136 Å². The lowest BCUT2D eigenvalue weighted by atomic mass is 10.3. The van der Waals surface area contributed by atoms with E-state index in [1.165, 1.54) is 12.1 Å². The van der Waals surface area contributed by atoms with Crippen LogP contribution >= 0.6 is 50.7 Å². The van der Waals surface area contributed by atoms with Crippen molar-refractivity contribution < 1.29 is 13.9 Å². The number of hydrogen-bond acceptors (Lipinski definition) is 3. The summed E-state index contributed by atoms with van der Waals surface area (Å²) < 4.78 is 19.0. The minimum Gasteiger partial charge on any atom is -0.419 e. The third-order valence-corrected chi connectivity index (χ3v) is 3.94. The molecule has 0 atom stereocenters. The first-order valence-corrected chi connectivity index (χ1v) is 6.99. The van der Waals surface area contributed by atoms with Gasteiger partial charge in [-0.05, 0) is 18.2 Å². The van der Waals surface area contributed by atoms with E-state index in [1.807, 2.05) is 0 Å². The van der Waals surface area contributed by atoms with Gasteiger partial charge in [-0.3, -0.25) is 0 Å². The maximum Gasteiger partial charge on any atom is 0.364 e. The molecule has 2 rings (SSSR count). The summed E-state index contributed by atoms with van der Waals surface area (Å²) in [5.74, 6) is -1.89. The first kappa shape index (κ1) is 15.5. The SMILES string of the molecule is O=C(Oc1ccc(Br)cc1F)c1ncc(Cl)c(Cl)c1Cl. The van der Waals surface area contributed by atoms with Crippen LogP contribution in [0.1, 0.15) is 10.5 Å². The van der Waals surface area contributed by atoms with Crippen molar-refractivity contribution in [2.75, 3.05) is 0 Å². The molecule has 0 bridgehead atoms. The van der Waals surface area contributed by atoms with Gasteiger partial charge in [-0.2, -0.15) is 0 Å². The molecule has 0 aliphatic carbocycles. The number of aromatic nitrogens is 1. The molecule has 0 saturated carbocycles. The number of rotatable bonds is 2. The van der Waals surface area contributed by atoms with Gasteiger partial charge in [-0.1, -0.05) is 50.7 Å². The molecule has 0 fully saturated rings. The van der Waals surface area contributed by atoms with E-state index in [4.69, 9.17) is 39.5 Å². The summed E-state index contributed by atoms with van der Waals surface area (Å²) >= 11 is 20.4. The Kier molecular flexibility index (Phi) is 4.86. The summed E-state index contributed by atoms with van der Waals surface area (Å²) in [4.78, 5) is 15.6. The maximum atomic E-state index is 13.6. The number of hydrogen-bond donors (Lipinski definition) is 0. The van der Waals surface area contributed by atoms with Gasteiger partial charge in [0.2, 0.25) is 0 Å². The van der Waals surface area contributed by atoms with E-state index in [-0.39, 0.29) is 26.5 Å². The van der Waals surface area contributed by atoms with Crippen LogP contribution < -0.4 is 4.74 Å². The lowest BCUT2D eigenvalue weighted by Gasteiger charge is -2.07. The standard InChI is InChI=1S/C12H4BrCl3FNO2/c13-5-1-2-8(7(17)3-5)20-12(19)11-10(16)9(15)6(14)4-18-11/h1-4H. The molecule has 1 aromatic carbocycles. The largest absolute Gasteiger partial charge is 0.419 e. The number of nitrogens with zero attached hydrogens (tertiary/aromatic N) is 1. The van der Waals surface area contributed by atoms with Crippen molar-refractivity contribution in [3.8, 4) is 5.75 Å². The Morgan fingerprint density at radius 1 is 1.25 bits per heavy atom. The molecule has 0 amide bonds. The van der Waals surface area contributed by atoms with Crippen LogP contribution in [0.25, 0.3) is 0 Å². The Balaban J connectivity index is 2.31. The molecule has 3 nitrogen and oxygen atoms in total. The molecule has 0 aliphatic heterocycles. The molecule has 8 heteroatoms. The molecule has 104 valence electrons. The number of pyridine rings is 1. The first-order valence-electron chi connectivity index (χ1n) is 5.07. The highest BCUT2D eigenvalue weighted by Crippen LogP contribution is 2.32. The monoisotopic (exact) mass is 397 g/mol. The van der Waals surface area contributed by atoms with Crippen LogP contribution in [0.2, 0.25) is 15.1 Å². The Bertz CT molecular complexity index is 697. The van der Waals surface area contributed by atoms with Crippen molar-refractivity contribution in [2.45, 2.75) is 0 Å². The van der Waals surface area contributed by atoms with Gasteiger partial charge in [0.15, 0.2) is 17.3 Å². The fourth-order valence-corrected chi connectivity index (χ4v) is 2.18. The van der Waals surface area contributed by atoms with Gasteiger partial charge in [0.1, 0.15) is 0 Å². The number of benzene rings is 1. The van der Waals surface area contributed by atoms with Crippen molar-refractivity contribution in [3.63, 3.8) is 0 Å². The molecule has 0 spiro atoms. The topological polar surface area (TPSA) is 39.2 Å². The highest BCUT2D eigenvalue weighted by Gasteiger charge is 2.20. The average Bonchev–Trinajstić information content (AvgIpc) is 2.39. The molecular formula is C12H4BrCl3FNO2. The first-order chi connectivity index (χ1) is 9.40. The number of esters is 1. The third-order valence-electron chi connectivity index (χ3n) is 2.21. The van der Waals surface area contributed by atoms with Crippen molar-refractivity contribution in [1.29, 1.82) is 0 Å². The van der Waals surface area contributed by atoms with Crippen LogP contribution in [0.15, 0.2) is 28.9 Å². The van der Waals surface area contributed by atoms with Gasteiger partial charge in [-0.25, -0.2) is 14.2 Å². The second kappa shape index (κ2) is 6.26. The molecule has 20 heavy (non-hydrogen) atoms. The summed E-state index contributed by atoms with van der Waals surface area (Å²) in [5.41, 5.74) is -0.247. The van der Waals surface area contributed by atoms with Gasteiger partial charge in [0, 0.05) is 10.7 Å². The molecule has 0 unspecified atom stereocenters. The molecule has 0 aliphatic rings. The van der Waals surface area contributed by atoms with Gasteiger partial charge >= 0.3 is 5.97 Å². The maximum absolute atomic E-state index is 13.6. The smallest absolute Gasteiger partial charge is 0.364 e. The quantitative estimate of drug-likeness (QED) is 0.517. The van der Waals surface area contributed by atoms with Gasteiger partial charge < -0.3 is 4.74 Å². The average molecular weight is 399 g/mol. The highest BCUT2D eigenvalue weighted by molar-refractivity contribution is 9.10. The molecule has 0 N–H and O–H groups in total. The van der Waals surface area contributed by atoms with E-state index in [1.54, 1.807) is 0 Å². The second-order valence-electron chi connectivity index (χ2n) is 3.55. The Hall–Kier alpha value is -0.880. The fraction of sp³-hybridized carbons (Fsp3) is 0. The zero-order valence-electron chi connectivity index (χ0n) is 9.46. The predicted molar refractivity (Wildman–Crippen MR) is 78.3 cm³/mol. The van der Waals surface area contributed by atoms with Crippen LogP contribution in [0.3, 0.4) is 0 Å². The lowest BCUT2D eigenvalue weighted by Crippen LogP contribution is -2.12. The van der Waals surface area contributed by atoms with E-state index in [0.717, 1.165) is 12.3 Å². The summed E-state index contributed by atoms with van der Waals surface area (Å²) in [6.45, 7) is 0. The van der Waals surface area contributed by atoms with E-state index < -0.39 is 11.8 Å². The Morgan fingerprint density at radius 2 is 1.95 bits per heavy atom. The minimum atomic E-state index is -0.935. The van der Waals surface area contributed by atoms with Gasteiger partial charge in [0.25, 0.3) is 0 Å². The summed E-state index contributed by atoms with van der Waals surface area (Å²) in [7, 11) is 0. The zero-order valence-corrected chi connectivity index (χ0v) is 13.3. The van der Waals surface area contributed by atoms with E-state index >= 15 is 0 Å². The molecular weight excluding hydrogens is 395 g/mol. The van der Waals surface area contributed by atoms with E-state index in [2.05, 4.69) is 20.9 Å².